The molecule has 0 atom stereocenters. The molecular formula is C12H10FNO3. The SMILES string of the molecule is CC(=O)c1ccc(N2CC(=O)CC2=O)c(F)c1. The second-order valence-electron chi connectivity index (χ2n) is 3.92. The topological polar surface area (TPSA) is 54.5 Å². The minimum atomic E-state index is -0.666. The number of anilines is 1. The zero-order chi connectivity index (χ0) is 12.6. The average Bonchev–Trinajstić information content (AvgIpc) is 2.57. The molecule has 0 saturated carbocycles. The summed E-state index contributed by atoms with van der Waals surface area (Å²) in [5, 5.41) is 0. The quantitative estimate of drug-likeness (QED) is 0.574. The van der Waals surface area contributed by atoms with Crippen molar-refractivity contribution >= 4 is 23.2 Å². The van der Waals surface area contributed by atoms with Crippen LogP contribution in [0.5, 0.6) is 0 Å². The van der Waals surface area contributed by atoms with E-state index in [-0.39, 0.29) is 35.8 Å². The van der Waals surface area contributed by atoms with Crippen molar-refractivity contribution in [1.29, 1.82) is 0 Å². The molecule has 1 heterocycles. The van der Waals surface area contributed by atoms with Crippen LogP contribution in [0.1, 0.15) is 23.7 Å². The molecule has 88 valence electrons. The highest BCUT2D eigenvalue weighted by Gasteiger charge is 2.30. The number of Topliss-reactive ketones (excluding diaryl/α,β-unsaturated/α-hetero) is 2. The number of carbonyl (C=O) groups is 3. The molecule has 1 aromatic rings. The van der Waals surface area contributed by atoms with Gasteiger partial charge in [-0.1, -0.05) is 0 Å². The van der Waals surface area contributed by atoms with Gasteiger partial charge in [0.2, 0.25) is 5.91 Å². The van der Waals surface area contributed by atoms with E-state index in [0.29, 0.717) is 0 Å². The molecule has 1 aliphatic heterocycles. The fraction of sp³-hybridized carbons (Fsp3) is 0.250. The van der Waals surface area contributed by atoms with E-state index < -0.39 is 11.7 Å². The molecule has 1 fully saturated rings. The van der Waals surface area contributed by atoms with Gasteiger partial charge >= 0.3 is 0 Å². The molecule has 17 heavy (non-hydrogen) atoms. The standard InChI is InChI=1S/C12H10FNO3/c1-7(15)8-2-3-11(10(13)4-8)14-6-9(16)5-12(14)17/h2-4H,5-6H2,1H3. The Kier molecular flexibility index (Phi) is 2.75. The number of amides is 1. The molecule has 0 bridgehead atoms. The Balaban J connectivity index is 2.37. The molecule has 0 aromatic heterocycles. The number of hydrogen-bond donors (Lipinski definition) is 0. The van der Waals surface area contributed by atoms with Crippen LogP contribution in [-0.2, 0) is 9.59 Å². The molecule has 0 N–H and O–H groups in total. The maximum Gasteiger partial charge on any atom is 0.235 e. The van der Waals surface area contributed by atoms with E-state index in [2.05, 4.69) is 0 Å². The summed E-state index contributed by atoms with van der Waals surface area (Å²) in [6.45, 7) is 1.23. The monoisotopic (exact) mass is 235 g/mol. The third kappa shape index (κ3) is 2.08. The van der Waals surface area contributed by atoms with Crippen LogP contribution in [0.25, 0.3) is 0 Å². The number of carbonyl (C=O) groups excluding carboxylic acids is 3. The molecule has 0 unspecified atom stereocenters. The van der Waals surface area contributed by atoms with Crippen LogP contribution in [0.3, 0.4) is 0 Å². The number of nitrogens with zero attached hydrogens (tertiary/aromatic N) is 1. The molecule has 1 aliphatic rings. The number of benzene rings is 1. The fourth-order valence-electron chi connectivity index (χ4n) is 1.75. The third-order valence-corrected chi connectivity index (χ3v) is 2.63. The number of rotatable bonds is 2. The lowest BCUT2D eigenvalue weighted by molar-refractivity contribution is -0.121. The van der Waals surface area contributed by atoms with Gasteiger partial charge in [-0.05, 0) is 25.1 Å². The Morgan fingerprint density at radius 3 is 2.53 bits per heavy atom. The van der Waals surface area contributed by atoms with Gasteiger partial charge in [0.1, 0.15) is 5.82 Å². The summed E-state index contributed by atoms with van der Waals surface area (Å²) in [5.41, 5.74) is 0.287. The first-order valence-corrected chi connectivity index (χ1v) is 5.11. The number of ketones is 2. The van der Waals surface area contributed by atoms with Crippen LogP contribution >= 0.6 is 0 Å². The van der Waals surface area contributed by atoms with Gasteiger partial charge in [-0.2, -0.15) is 0 Å². The molecule has 0 radical (unpaired) electrons. The smallest absolute Gasteiger partial charge is 0.235 e. The van der Waals surface area contributed by atoms with E-state index >= 15 is 0 Å². The average molecular weight is 235 g/mol. The summed E-state index contributed by atoms with van der Waals surface area (Å²) >= 11 is 0. The molecule has 1 saturated heterocycles. The van der Waals surface area contributed by atoms with Crippen molar-refractivity contribution in [2.75, 3.05) is 11.4 Å². The van der Waals surface area contributed by atoms with Gasteiger partial charge < -0.3 is 4.90 Å². The van der Waals surface area contributed by atoms with Crippen LogP contribution in [0.15, 0.2) is 18.2 Å². The predicted octanol–water partition coefficient (Wildman–Crippen LogP) is 1.33. The zero-order valence-electron chi connectivity index (χ0n) is 9.20. The van der Waals surface area contributed by atoms with Crippen molar-refractivity contribution in [2.24, 2.45) is 0 Å². The van der Waals surface area contributed by atoms with E-state index in [0.717, 1.165) is 11.0 Å². The second kappa shape index (κ2) is 4.08. The molecular weight excluding hydrogens is 225 g/mol. The summed E-state index contributed by atoms with van der Waals surface area (Å²) in [6, 6.07) is 3.87. The Bertz CT molecular complexity index is 524. The lowest BCUT2D eigenvalue weighted by atomic mass is 10.1. The minimum Gasteiger partial charge on any atom is -0.302 e. The van der Waals surface area contributed by atoms with Gasteiger partial charge in [-0.25, -0.2) is 4.39 Å². The zero-order valence-corrected chi connectivity index (χ0v) is 9.20. The van der Waals surface area contributed by atoms with Gasteiger partial charge in [0.25, 0.3) is 0 Å². The highest BCUT2D eigenvalue weighted by Crippen LogP contribution is 2.24. The predicted molar refractivity (Wildman–Crippen MR) is 58.4 cm³/mol. The van der Waals surface area contributed by atoms with Gasteiger partial charge in [0.05, 0.1) is 18.7 Å². The maximum absolute atomic E-state index is 13.7. The van der Waals surface area contributed by atoms with E-state index in [1.54, 1.807) is 0 Å². The van der Waals surface area contributed by atoms with Crippen molar-refractivity contribution in [2.45, 2.75) is 13.3 Å². The molecule has 1 aromatic carbocycles. The first kappa shape index (κ1) is 11.4. The van der Waals surface area contributed by atoms with Crippen molar-refractivity contribution in [3.05, 3.63) is 29.6 Å². The van der Waals surface area contributed by atoms with Crippen LogP contribution < -0.4 is 4.90 Å². The summed E-state index contributed by atoms with van der Waals surface area (Å²) in [7, 11) is 0. The molecule has 5 heteroatoms. The van der Waals surface area contributed by atoms with E-state index in [1.165, 1.54) is 19.1 Å². The molecule has 0 spiro atoms. The van der Waals surface area contributed by atoms with E-state index in [4.69, 9.17) is 0 Å². The van der Waals surface area contributed by atoms with Gasteiger partial charge in [0, 0.05) is 5.56 Å². The van der Waals surface area contributed by atoms with E-state index in [9.17, 15) is 18.8 Å². The Morgan fingerprint density at radius 2 is 2.06 bits per heavy atom. The summed E-state index contributed by atoms with van der Waals surface area (Å²) < 4.78 is 13.7. The van der Waals surface area contributed by atoms with Crippen LogP contribution in [0.4, 0.5) is 10.1 Å². The minimum absolute atomic E-state index is 0.0471. The molecule has 4 nitrogen and oxygen atoms in total. The molecule has 2 rings (SSSR count). The Labute approximate surface area is 97.0 Å². The van der Waals surface area contributed by atoms with Gasteiger partial charge in [0.15, 0.2) is 11.6 Å². The number of halogens is 1. The first-order valence-electron chi connectivity index (χ1n) is 5.11. The van der Waals surface area contributed by atoms with Crippen LogP contribution in [0, 0.1) is 5.82 Å². The Morgan fingerprint density at radius 1 is 1.35 bits per heavy atom. The van der Waals surface area contributed by atoms with Crippen LogP contribution in [0.2, 0.25) is 0 Å². The summed E-state index contributed by atoms with van der Waals surface area (Å²) in [4.78, 5) is 34.7. The van der Waals surface area contributed by atoms with Crippen molar-refractivity contribution in [3.63, 3.8) is 0 Å². The number of hydrogen-bond acceptors (Lipinski definition) is 3. The summed E-state index contributed by atoms with van der Waals surface area (Å²) in [6.07, 6.45) is -0.187. The second-order valence-corrected chi connectivity index (χ2v) is 3.92. The first-order chi connectivity index (χ1) is 7.99. The van der Waals surface area contributed by atoms with Crippen molar-refractivity contribution < 1.29 is 18.8 Å². The highest BCUT2D eigenvalue weighted by atomic mass is 19.1. The summed E-state index contributed by atoms with van der Waals surface area (Å²) in [5.74, 6) is -1.56. The normalized spacial score (nSPS) is 15.5. The van der Waals surface area contributed by atoms with Gasteiger partial charge in [-0.3, -0.25) is 14.4 Å². The molecule has 0 aliphatic carbocycles. The largest absolute Gasteiger partial charge is 0.302 e. The van der Waals surface area contributed by atoms with Crippen molar-refractivity contribution in [3.8, 4) is 0 Å². The fourth-order valence-corrected chi connectivity index (χ4v) is 1.75. The van der Waals surface area contributed by atoms with Crippen molar-refractivity contribution in [1.82, 2.24) is 0 Å². The highest BCUT2D eigenvalue weighted by molar-refractivity contribution is 6.15. The lowest BCUT2D eigenvalue weighted by Crippen LogP contribution is -2.25. The third-order valence-electron chi connectivity index (χ3n) is 2.63. The lowest BCUT2D eigenvalue weighted by Gasteiger charge is -2.15. The van der Waals surface area contributed by atoms with Crippen LogP contribution in [-0.4, -0.2) is 24.0 Å². The van der Waals surface area contributed by atoms with E-state index in [1.807, 2.05) is 0 Å². The molecule has 1 amide bonds. The maximum atomic E-state index is 13.7. The Hall–Kier alpha value is -2.04. The van der Waals surface area contributed by atoms with Gasteiger partial charge in [-0.15, -0.1) is 0 Å².